The maximum Gasteiger partial charge on any atom is 0.336 e. The molecule has 1 aromatic heterocycles. The average Bonchev–Trinajstić information content (AvgIpc) is 2.67. The fraction of sp³-hybridized carbons (Fsp3) is 0.318. The highest BCUT2D eigenvalue weighted by Gasteiger charge is 2.22. The number of anilines is 1. The summed E-state index contributed by atoms with van der Waals surface area (Å²) in [6.45, 7) is 7.51. The van der Waals surface area contributed by atoms with Crippen molar-refractivity contribution in [3.05, 3.63) is 69.6 Å². The van der Waals surface area contributed by atoms with Gasteiger partial charge >= 0.3 is 5.63 Å². The number of rotatable bonds is 3. The van der Waals surface area contributed by atoms with E-state index in [0.29, 0.717) is 24.8 Å². The molecule has 0 amide bonds. The Morgan fingerprint density at radius 3 is 2.65 bits per heavy atom. The molecule has 0 saturated heterocycles. The van der Waals surface area contributed by atoms with Gasteiger partial charge in [-0.2, -0.15) is 0 Å². The van der Waals surface area contributed by atoms with Gasteiger partial charge in [-0.05, 0) is 54.7 Å². The highest BCUT2D eigenvalue weighted by molar-refractivity contribution is 5.85. The molecule has 4 rings (SSSR count). The SMILES string of the molecule is CC[C@H](C)c1ccc(N2COc3ccc4c(C)cc(=O)oc4c3C2)cc1. The Kier molecular flexibility index (Phi) is 4.19. The van der Waals surface area contributed by atoms with Crippen molar-refractivity contribution < 1.29 is 9.15 Å². The lowest BCUT2D eigenvalue weighted by molar-refractivity contribution is 0.289. The van der Waals surface area contributed by atoms with E-state index in [2.05, 4.69) is 43.0 Å². The van der Waals surface area contributed by atoms with E-state index in [1.807, 2.05) is 19.1 Å². The van der Waals surface area contributed by atoms with E-state index >= 15 is 0 Å². The standard InChI is InChI=1S/C22H23NO3/c1-4-14(2)16-5-7-17(8-6-16)23-12-19-20(25-13-23)10-9-18-15(3)11-21(24)26-22(18)19/h5-11,14H,4,12-13H2,1-3H3/t14-/m0/s1. The molecule has 0 fully saturated rings. The zero-order valence-corrected chi connectivity index (χ0v) is 15.4. The number of hydrogen-bond donors (Lipinski definition) is 0. The number of nitrogens with zero attached hydrogens (tertiary/aromatic N) is 1. The Balaban J connectivity index is 1.71. The van der Waals surface area contributed by atoms with Crippen LogP contribution in [0.4, 0.5) is 5.69 Å². The molecule has 0 N–H and O–H groups in total. The maximum absolute atomic E-state index is 11.9. The minimum atomic E-state index is -0.321. The van der Waals surface area contributed by atoms with Gasteiger partial charge in [0.25, 0.3) is 0 Å². The van der Waals surface area contributed by atoms with Crippen LogP contribution in [-0.2, 0) is 6.54 Å². The molecule has 1 aliphatic heterocycles. The first-order chi connectivity index (χ1) is 12.6. The molecule has 0 unspecified atom stereocenters. The molecule has 3 aromatic rings. The monoisotopic (exact) mass is 349 g/mol. The number of fused-ring (bicyclic) bond motifs is 3. The van der Waals surface area contributed by atoms with Gasteiger partial charge in [-0.15, -0.1) is 0 Å². The predicted molar refractivity (Wildman–Crippen MR) is 104 cm³/mol. The van der Waals surface area contributed by atoms with Crippen molar-refractivity contribution in [1.29, 1.82) is 0 Å². The minimum absolute atomic E-state index is 0.321. The Bertz CT molecular complexity index is 1000. The lowest BCUT2D eigenvalue weighted by Crippen LogP contribution is -2.32. The number of benzene rings is 2. The molecule has 26 heavy (non-hydrogen) atoms. The van der Waals surface area contributed by atoms with Gasteiger partial charge in [0.1, 0.15) is 11.3 Å². The van der Waals surface area contributed by atoms with E-state index in [0.717, 1.165) is 34.4 Å². The van der Waals surface area contributed by atoms with Gasteiger partial charge in [-0.3, -0.25) is 0 Å². The van der Waals surface area contributed by atoms with E-state index in [-0.39, 0.29) is 5.63 Å². The van der Waals surface area contributed by atoms with Crippen LogP contribution in [0.25, 0.3) is 11.0 Å². The third-order valence-corrected chi connectivity index (χ3v) is 5.34. The van der Waals surface area contributed by atoms with Crippen molar-refractivity contribution in [3.63, 3.8) is 0 Å². The number of hydrogen-bond acceptors (Lipinski definition) is 4. The molecule has 0 bridgehead atoms. The Labute approximate surface area is 153 Å². The zero-order valence-electron chi connectivity index (χ0n) is 15.4. The molecule has 0 radical (unpaired) electrons. The van der Waals surface area contributed by atoms with Gasteiger partial charge in [0.2, 0.25) is 0 Å². The largest absolute Gasteiger partial charge is 0.473 e. The fourth-order valence-electron chi connectivity index (χ4n) is 3.51. The first-order valence-electron chi connectivity index (χ1n) is 9.11. The van der Waals surface area contributed by atoms with Crippen molar-refractivity contribution in [3.8, 4) is 5.75 Å². The number of ether oxygens (including phenoxy) is 1. The second-order valence-electron chi connectivity index (χ2n) is 7.04. The molecule has 2 heterocycles. The van der Waals surface area contributed by atoms with Gasteiger partial charge in [0.15, 0.2) is 6.73 Å². The topological polar surface area (TPSA) is 42.7 Å². The zero-order chi connectivity index (χ0) is 18.3. The summed E-state index contributed by atoms with van der Waals surface area (Å²) in [5, 5.41) is 0.959. The molecule has 0 spiro atoms. The fourth-order valence-corrected chi connectivity index (χ4v) is 3.51. The molecular weight excluding hydrogens is 326 g/mol. The lowest BCUT2D eigenvalue weighted by atomic mass is 9.98. The summed E-state index contributed by atoms with van der Waals surface area (Å²) in [5.74, 6) is 1.35. The lowest BCUT2D eigenvalue weighted by Gasteiger charge is -2.31. The summed E-state index contributed by atoms with van der Waals surface area (Å²) in [7, 11) is 0. The van der Waals surface area contributed by atoms with Crippen LogP contribution < -0.4 is 15.3 Å². The van der Waals surface area contributed by atoms with Crippen LogP contribution >= 0.6 is 0 Å². The van der Waals surface area contributed by atoms with Gasteiger partial charge < -0.3 is 14.1 Å². The highest BCUT2D eigenvalue weighted by Crippen LogP contribution is 2.34. The number of aryl methyl sites for hydroxylation is 1. The molecule has 1 atom stereocenters. The summed E-state index contributed by atoms with van der Waals surface area (Å²) in [6, 6.07) is 14.1. The molecular formula is C22H23NO3. The van der Waals surface area contributed by atoms with Crippen molar-refractivity contribution in [2.45, 2.75) is 39.7 Å². The van der Waals surface area contributed by atoms with E-state index in [4.69, 9.17) is 9.15 Å². The quantitative estimate of drug-likeness (QED) is 0.626. The smallest absolute Gasteiger partial charge is 0.336 e. The molecule has 2 aromatic carbocycles. The molecule has 0 saturated carbocycles. The van der Waals surface area contributed by atoms with Gasteiger partial charge in [0.05, 0.1) is 12.1 Å². The van der Waals surface area contributed by atoms with Crippen molar-refractivity contribution in [2.75, 3.05) is 11.6 Å². The van der Waals surface area contributed by atoms with Crippen LogP contribution in [0.1, 0.15) is 42.9 Å². The Morgan fingerprint density at radius 1 is 1.15 bits per heavy atom. The van der Waals surface area contributed by atoms with Crippen LogP contribution in [0, 0.1) is 6.92 Å². The second kappa shape index (κ2) is 6.52. The molecule has 1 aliphatic rings. The van der Waals surface area contributed by atoms with E-state index in [1.54, 1.807) is 0 Å². The minimum Gasteiger partial charge on any atom is -0.473 e. The molecule has 134 valence electrons. The highest BCUT2D eigenvalue weighted by atomic mass is 16.5. The predicted octanol–water partition coefficient (Wildman–Crippen LogP) is 4.97. The summed E-state index contributed by atoms with van der Waals surface area (Å²) in [4.78, 5) is 14.0. The van der Waals surface area contributed by atoms with Gasteiger partial charge in [-0.25, -0.2) is 4.79 Å². The van der Waals surface area contributed by atoms with Gasteiger partial charge in [-0.1, -0.05) is 26.0 Å². The first-order valence-corrected chi connectivity index (χ1v) is 9.11. The third kappa shape index (κ3) is 2.85. The normalized spacial score (nSPS) is 14.8. The maximum atomic E-state index is 11.9. The summed E-state index contributed by atoms with van der Waals surface area (Å²) in [5.41, 5.74) is 4.62. The van der Waals surface area contributed by atoms with Crippen LogP contribution in [0.15, 0.2) is 51.7 Å². The third-order valence-electron chi connectivity index (χ3n) is 5.34. The Hall–Kier alpha value is -2.75. The van der Waals surface area contributed by atoms with Crippen LogP contribution in [-0.4, -0.2) is 6.73 Å². The molecule has 0 aliphatic carbocycles. The molecule has 4 nitrogen and oxygen atoms in total. The van der Waals surface area contributed by atoms with E-state index in [1.165, 1.54) is 11.6 Å². The van der Waals surface area contributed by atoms with Gasteiger partial charge in [0, 0.05) is 17.1 Å². The summed E-state index contributed by atoms with van der Waals surface area (Å²) < 4.78 is 11.5. The first kappa shape index (κ1) is 16.7. The van der Waals surface area contributed by atoms with Crippen LogP contribution in [0.2, 0.25) is 0 Å². The second-order valence-corrected chi connectivity index (χ2v) is 7.04. The Morgan fingerprint density at radius 2 is 1.92 bits per heavy atom. The van der Waals surface area contributed by atoms with Crippen molar-refractivity contribution in [1.82, 2.24) is 0 Å². The summed E-state index contributed by atoms with van der Waals surface area (Å²) in [6.07, 6.45) is 1.13. The van der Waals surface area contributed by atoms with E-state index < -0.39 is 0 Å². The van der Waals surface area contributed by atoms with E-state index in [9.17, 15) is 4.79 Å². The average molecular weight is 349 g/mol. The van der Waals surface area contributed by atoms with Crippen molar-refractivity contribution >= 4 is 16.7 Å². The van der Waals surface area contributed by atoms with Crippen LogP contribution in [0.3, 0.4) is 0 Å². The van der Waals surface area contributed by atoms with Crippen LogP contribution in [0.5, 0.6) is 5.75 Å². The molecule has 4 heteroatoms. The summed E-state index contributed by atoms with van der Waals surface area (Å²) >= 11 is 0. The van der Waals surface area contributed by atoms with Crippen molar-refractivity contribution in [2.24, 2.45) is 0 Å².